The van der Waals surface area contributed by atoms with Crippen molar-refractivity contribution in [1.82, 2.24) is 4.90 Å². The van der Waals surface area contributed by atoms with Gasteiger partial charge in [0.2, 0.25) is 0 Å². The highest BCUT2D eigenvalue weighted by Crippen LogP contribution is 2.13. The topological polar surface area (TPSA) is 20.3 Å². The molecule has 0 radical (unpaired) electrons. The van der Waals surface area contributed by atoms with Crippen LogP contribution in [-0.2, 0) is 0 Å². The number of hydrogen-bond donors (Lipinski definition) is 0. The van der Waals surface area contributed by atoms with Gasteiger partial charge in [-0.25, -0.2) is 0 Å². The molecule has 1 unspecified atom stereocenters. The minimum Gasteiger partial charge on any atom is -0.302 e. The smallest absolute Gasteiger partial charge is 0.164 e. The van der Waals surface area contributed by atoms with Gasteiger partial charge in [0.1, 0.15) is 0 Å². The minimum atomic E-state index is 0.183. The Morgan fingerprint density at radius 3 is 2.53 bits per heavy atom. The van der Waals surface area contributed by atoms with Crippen LogP contribution in [0.25, 0.3) is 0 Å². The Balaban J connectivity index is 2.47. The largest absolute Gasteiger partial charge is 0.302 e. The maximum Gasteiger partial charge on any atom is 0.164 e. The summed E-state index contributed by atoms with van der Waals surface area (Å²) in [5.74, 6) is 1.30. The van der Waals surface area contributed by atoms with Gasteiger partial charge in [0, 0.05) is 35.3 Å². The number of benzene rings is 1. The molecular weight excluding hydrogens is 278 g/mol. The summed E-state index contributed by atoms with van der Waals surface area (Å²) in [5, 5.41) is 0.666. The summed E-state index contributed by atoms with van der Waals surface area (Å²) < 4.78 is 0. The molecule has 0 aromatic heterocycles. The summed E-state index contributed by atoms with van der Waals surface area (Å²) in [6.45, 7) is 3.00. The van der Waals surface area contributed by atoms with Gasteiger partial charge in [-0.1, -0.05) is 18.5 Å². The lowest BCUT2D eigenvalue weighted by Crippen LogP contribution is -2.34. The molecule has 1 atom stereocenters. The predicted molar refractivity (Wildman–Crippen MR) is 85.5 cm³/mol. The molecule has 0 aliphatic carbocycles. The van der Waals surface area contributed by atoms with Crippen LogP contribution in [0.15, 0.2) is 24.3 Å². The summed E-state index contributed by atoms with van der Waals surface area (Å²) >= 11 is 7.67. The van der Waals surface area contributed by atoms with Gasteiger partial charge in [-0.15, -0.1) is 0 Å². The number of nitrogens with zero attached hydrogens (tertiary/aromatic N) is 1. The first-order valence-electron chi connectivity index (χ1n) is 6.56. The molecule has 19 heavy (non-hydrogen) atoms. The average molecular weight is 300 g/mol. The number of Topliss-reactive ketones (excluding diaryl/α,β-unsaturated/α-hetero) is 1. The van der Waals surface area contributed by atoms with Crippen LogP contribution in [-0.4, -0.2) is 42.3 Å². The van der Waals surface area contributed by atoms with Crippen molar-refractivity contribution in [3.63, 3.8) is 0 Å². The highest BCUT2D eigenvalue weighted by atomic mass is 35.5. The minimum absolute atomic E-state index is 0.183. The average Bonchev–Trinajstić information content (AvgIpc) is 2.42. The van der Waals surface area contributed by atoms with Crippen LogP contribution in [0.2, 0.25) is 5.02 Å². The van der Waals surface area contributed by atoms with Crippen molar-refractivity contribution in [3.8, 4) is 0 Å². The molecular formula is C15H22ClNOS. The van der Waals surface area contributed by atoms with Crippen LogP contribution in [0.4, 0.5) is 0 Å². The van der Waals surface area contributed by atoms with Crippen molar-refractivity contribution in [2.24, 2.45) is 0 Å². The maximum absolute atomic E-state index is 12.1. The third-order valence-electron chi connectivity index (χ3n) is 3.31. The van der Waals surface area contributed by atoms with Crippen molar-refractivity contribution in [3.05, 3.63) is 34.9 Å². The van der Waals surface area contributed by atoms with Gasteiger partial charge >= 0.3 is 0 Å². The highest BCUT2D eigenvalue weighted by Gasteiger charge is 2.14. The molecule has 1 rings (SSSR count). The Bertz CT molecular complexity index is 394. The molecule has 0 fully saturated rings. The molecule has 0 spiro atoms. The quantitative estimate of drug-likeness (QED) is 0.677. The molecule has 0 saturated heterocycles. The van der Waals surface area contributed by atoms with Crippen LogP contribution >= 0.6 is 23.4 Å². The lowest BCUT2D eigenvalue weighted by Gasteiger charge is -2.26. The fourth-order valence-corrected chi connectivity index (χ4v) is 2.99. The summed E-state index contributed by atoms with van der Waals surface area (Å²) in [6.07, 6.45) is 3.80. The first kappa shape index (κ1) is 16.5. The maximum atomic E-state index is 12.1. The van der Waals surface area contributed by atoms with E-state index in [1.807, 2.05) is 11.8 Å². The first-order chi connectivity index (χ1) is 9.08. The molecule has 0 bridgehead atoms. The van der Waals surface area contributed by atoms with E-state index in [9.17, 15) is 4.79 Å². The molecule has 2 nitrogen and oxygen atoms in total. The van der Waals surface area contributed by atoms with Gasteiger partial charge in [0.05, 0.1) is 0 Å². The summed E-state index contributed by atoms with van der Waals surface area (Å²) in [4.78, 5) is 14.3. The fourth-order valence-electron chi connectivity index (χ4n) is 1.99. The zero-order chi connectivity index (χ0) is 14.3. The number of carbonyl (C=O) groups excluding carboxylic acids is 1. The summed E-state index contributed by atoms with van der Waals surface area (Å²) in [6, 6.07) is 7.67. The second kappa shape index (κ2) is 8.62. The van der Waals surface area contributed by atoms with Crippen LogP contribution in [0, 0.1) is 0 Å². The van der Waals surface area contributed by atoms with Crippen molar-refractivity contribution in [2.75, 3.05) is 25.6 Å². The van der Waals surface area contributed by atoms with Gasteiger partial charge < -0.3 is 4.90 Å². The van der Waals surface area contributed by atoms with E-state index in [2.05, 4.69) is 25.1 Å². The molecule has 1 aromatic carbocycles. The number of halogens is 1. The van der Waals surface area contributed by atoms with Gasteiger partial charge in [0.25, 0.3) is 0 Å². The Hall–Kier alpha value is -0.510. The summed E-state index contributed by atoms with van der Waals surface area (Å²) in [5.41, 5.74) is 0.746. The highest BCUT2D eigenvalue weighted by molar-refractivity contribution is 7.98. The number of carbonyl (C=O) groups is 1. The van der Waals surface area contributed by atoms with E-state index in [0.717, 1.165) is 24.3 Å². The van der Waals surface area contributed by atoms with Crippen molar-refractivity contribution >= 4 is 29.1 Å². The van der Waals surface area contributed by atoms with Crippen LogP contribution in [0.1, 0.15) is 30.1 Å². The summed E-state index contributed by atoms with van der Waals surface area (Å²) in [7, 11) is 2.10. The molecule has 0 saturated carbocycles. The number of hydrogen-bond acceptors (Lipinski definition) is 3. The number of rotatable bonds is 8. The Labute approximate surface area is 125 Å². The van der Waals surface area contributed by atoms with Crippen molar-refractivity contribution in [1.29, 1.82) is 0 Å². The molecule has 4 heteroatoms. The zero-order valence-electron chi connectivity index (χ0n) is 11.9. The SMILES string of the molecule is CCC(CSC)N(C)CCC(=O)c1ccc(Cl)cc1. The third kappa shape index (κ3) is 5.55. The van der Waals surface area contributed by atoms with E-state index in [0.29, 0.717) is 17.5 Å². The van der Waals surface area contributed by atoms with E-state index in [1.165, 1.54) is 0 Å². The van der Waals surface area contributed by atoms with E-state index in [4.69, 9.17) is 11.6 Å². The molecule has 0 N–H and O–H groups in total. The standard InChI is InChI=1S/C15H22ClNOS/c1-4-14(11-19-3)17(2)10-9-15(18)12-5-7-13(16)8-6-12/h5-8,14H,4,9-11H2,1-3H3. The first-order valence-corrected chi connectivity index (χ1v) is 8.33. The molecule has 0 heterocycles. The lowest BCUT2D eigenvalue weighted by atomic mass is 10.1. The monoisotopic (exact) mass is 299 g/mol. The Morgan fingerprint density at radius 1 is 1.37 bits per heavy atom. The van der Waals surface area contributed by atoms with Gasteiger partial charge in [-0.05, 0) is 44.0 Å². The second-order valence-corrected chi connectivity index (χ2v) is 6.03. The Kier molecular flexibility index (Phi) is 7.51. The van der Waals surface area contributed by atoms with E-state index in [1.54, 1.807) is 24.3 Å². The predicted octanol–water partition coefficient (Wildman–Crippen LogP) is 3.99. The van der Waals surface area contributed by atoms with Crippen LogP contribution in [0.5, 0.6) is 0 Å². The molecule has 0 amide bonds. The number of ketones is 1. The van der Waals surface area contributed by atoms with Crippen molar-refractivity contribution in [2.45, 2.75) is 25.8 Å². The normalized spacial score (nSPS) is 12.7. The molecule has 106 valence electrons. The molecule has 0 aliphatic rings. The van der Waals surface area contributed by atoms with Gasteiger partial charge in [-0.2, -0.15) is 11.8 Å². The van der Waals surface area contributed by atoms with E-state index < -0.39 is 0 Å². The molecule has 1 aromatic rings. The molecule has 0 aliphatic heterocycles. The Morgan fingerprint density at radius 2 is 2.00 bits per heavy atom. The van der Waals surface area contributed by atoms with Crippen LogP contribution in [0.3, 0.4) is 0 Å². The van der Waals surface area contributed by atoms with Gasteiger partial charge in [0.15, 0.2) is 5.78 Å². The number of thioether (sulfide) groups is 1. The van der Waals surface area contributed by atoms with E-state index in [-0.39, 0.29) is 5.78 Å². The lowest BCUT2D eigenvalue weighted by molar-refractivity contribution is 0.0962. The second-order valence-electron chi connectivity index (χ2n) is 4.68. The van der Waals surface area contributed by atoms with Gasteiger partial charge in [-0.3, -0.25) is 4.79 Å². The third-order valence-corrected chi connectivity index (χ3v) is 4.28. The van der Waals surface area contributed by atoms with Crippen molar-refractivity contribution < 1.29 is 4.79 Å². The fraction of sp³-hybridized carbons (Fsp3) is 0.533. The zero-order valence-corrected chi connectivity index (χ0v) is 13.4. The van der Waals surface area contributed by atoms with E-state index >= 15 is 0 Å². The van der Waals surface area contributed by atoms with Crippen LogP contribution < -0.4 is 0 Å².